The standard InChI is InChI=1S/C6H6N2O5/c9-1-2-3(5(11)12)7-6(13)8-4(2)10/h9H,1H2,(H,11,12)(H2,7,8,10,13). The van der Waals surface area contributed by atoms with Crippen LogP contribution in [0, 0.1) is 0 Å². The monoisotopic (exact) mass is 186 g/mol. The van der Waals surface area contributed by atoms with Crippen molar-refractivity contribution in [3.8, 4) is 0 Å². The number of aromatic carboxylic acids is 1. The summed E-state index contributed by atoms with van der Waals surface area (Å²) in [6, 6.07) is 0. The largest absolute Gasteiger partial charge is 0.477 e. The third-order valence-corrected chi connectivity index (χ3v) is 1.41. The molecule has 4 N–H and O–H groups in total. The molecule has 1 aromatic rings. The molecule has 0 bridgehead atoms. The van der Waals surface area contributed by atoms with Crippen molar-refractivity contribution in [2.75, 3.05) is 0 Å². The van der Waals surface area contributed by atoms with E-state index in [1.54, 1.807) is 4.98 Å². The Labute approximate surface area is 70.7 Å². The van der Waals surface area contributed by atoms with Gasteiger partial charge in [-0.05, 0) is 0 Å². The highest BCUT2D eigenvalue weighted by Gasteiger charge is 2.13. The van der Waals surface area contributed by atoms with Crippen molar-refractivity contribution < 1.29 is 15.0 Å². The number of aliphatic hydroxyl groups is 1. The quantitative estimate of drug-likeness (QED) is 0.436. The van der Waals surface area contributed by atoms with Crippen LogP contribution in [0.25, 0.3) is 0 Å². The lowest BCUT2D eigenvalue weighted by molar-refractivity contribution is 0.0685. The molecule has 0 aliphatic carbocycles. The van der Waals surface area contributed by atoms with Crippen LogP contribution in [0.2, 0.25) is 0 Å². The molecule has 7 heteroatoms. The van der Waals surface area contributed by atoms with Gasteiger partial charge >= 0.3 is 11.7 Å². The third-order valence-electron chi connectivity index (χ3n) is 1.41. The van der Waals surface area contributed by atoms with E-state index in [-0.39, 0.29) is 5.56 Å². The average Bonchev–Trinajstić information content (AvgIpc) is 2.02. The van der Waals surface area contributed by atoms with Crippen molar-refractivity contribution in [1.82, 2.24) is 9.97 Å². The van der Waals surface area contributed by atoms with E-state index in [0.29, 0.717) is 0 Å². The first kappa shape index (κ1) is 9.20. The highest BCUT2D eigenvalue weighted by atomic mass is 16.4. The van der Waals surface area contributed by atoms with Gasteiger partial charge in [-0.2, -0.15) is 0 Å². The number of H-pyrrole nitrogens is 2. The van der Waals surface area contributed by atoms with E-state index in [1.165, 1.54) is 0 Å². The Morgan fingerprint density at radius 2 is 1.92 bits per heavy atom. The average molecular weight is 186 g/mol. The Morgan fingerprint density at radius 1 is 1.31 bits per heavy atom. The minimum absolute atomic E-state index is 0.368. The number of hydrogen-bond donors (Lipinski definition) is 4. The van der Waals surface area contributed by atoms with Crippen molar-refractivity contribution in [2.45, 2.75) is 6.61 Å². The fourth-order valence-electron chi connectivity index (χ4n) is 0.846. The summed E-state index contributed by atoms with van der Waals surface area (Å²) < 4.78 is 0. The van der Waals surface area contributed by atoms with Gasteiger partial charge in [0.2, 0.25) is 0 Å². The van der Waals surface area contributed by atoms with Crippen molar-refractivity contribution in [1.29, 1.82) is 0 Å². The highest BCUT2D eigenvalue weighted by Crippen LogP contribution is 1.95. The zero-order valence-corrected chi connectivity index (χ0v) is 6.33. The number of carbonyl (C=O) groups is 1. The van der Waals surface area contributed by atoms with Gasteiger partial charge in [-0.25, -0.2) is 9.59 Å². The number of aromatic nitrogens is 2. The summed E-state index contributed by atoms with van der Waals surface area (Å²) in [4.78, 5) is 35.7. The van der Waals surface area contributed by atoms with Crippen molar-refractivity contribution in [3.05, 3.63) is 32.1 Å². The molecule has 7 nitrogen and oxygen atoms in total. The number of carboxylic acid groups (broad SMARTS) is 1. The molecule has 0 saturated heterocycles. The molecule has 0 atom stereocenters. The van der Waals surface area contributed by atoms with E-state index in [4.69, 9.17) is 10.2 Å². The zero-order valence-electron chi connectivity index (χ0n) is 6.33. The fraction of sp³-hybridized carbons (Fsp3) is 0.167. The van der Waals surface area contributed by atoms with Crippen LogP contribution in [-0.4, -0.2) is 26.2 Å². The smallest absolute Gasteiger partial charge is 0.353 e. The summed E-state index contributed by atoms with van der Waals surface area (Å²) in [6.07, 6.45) is 0. The lowest BCUT2D eigenvalue weighted by Crippen LogP contribution is -2.29. The van der Waals surface area contributed by atoms with Crippen LogP contribution in [0.5, 0.6) is 0 Å². The van der Waals surface area contributed by atoms with Crippen LogP contribution in [0.15, 0.2) is 9.59 Å². The first-order chi connectivity index (χ1) is 6.06. The Balaban J connectivity index is 3.57. The topological polar surface area (TPSA) is 123 Å². The first-order valence-corrected chi connectivity index (χ1v) is 3.26. The van der Waals surface area contributed by atoms with Gasteiger partial charge in [-0.15, -0.1) is 0 Å². The van der Waals surface area contributed by atoms with Gasteiger partial charge in [0.1, 0.15) is 5.69 Å². The number of nitrogens with one attached hydrogen (secondary N) is 2. The molecule has 0 spiro atoms. The summed E-state index contributed by atoms with van der Waals surface area (Å²) in [7, 11) is 0. The molecule has 1 aromatic heterocycles. The Kier molecular flexibility index (Phi) is 2.29. The SMILES string of the molecule is O=C(O)c1[nH]c(=O)[nH]c(=O)c1CO. The molecule has 1 heterocycles. The number of aromatic amines is 2. The normalized spacial score (nSPS) is 9.92. The van der Waals surface area contributed by atoms with Crippen molar-refractivity contribution >= 4 is 5.97 Å². The first-order valence-electron chi connectivity index (χ1n) is 3.26. The number of hydrogen-bond acceptors (Lipinski definition) is 4. The Hall–Kier alpha value is -1.89. The van der Waals surface area contributed by atoms with Crippen LogP contribution < -0.4 is 11.2 Å². The van der Waals surface area contributed by atoms with Gasteiger partial charge in [0.05, 0.1) is 12.2 Å². The van der Waals surface area contributed by atoms with Crippen LogP contribution >= 0.6 is 0 Å². The molecule has 0 unspecified atom stereocenters. The molecular formula is C6H6N2O5. The highest BCUT2D eigenvalue weighted by molar-refractivity contribution is 5.86. The molecule has 0 aromatic carbocycles. The summed E-state index contributed by atoms with van der Waals surface area (Å²) in [5, 5.41) is 17.1. The van der Waals surface area contributed by atoms with E-state index in [9.17, 15) is 14.4 Å². The van der Waals surface area contributed by atoms with Crippen LogP contribution in [0.4, 0.5) is 0 Å². The van der Waals surface area contributed by atoms with Gasteiger partial charge in [-0.3, -0.25) is 9.78 Å². The van der Waals surface area contributed by atoms with E-state index in [2.05, 4.69) is 0 Å². The second-order valence-corrected chi connectivity index (χ2v) is 2.23. The van der Waals surface area contributed by atoms with Crippen LogP contribution in [0.3, 0.4) is 0 Å². The molecule has 0 amide bonds. The van der Waals surface area contributed by atoms with Crippen molar-refractivity contribution in [2.24, 2.45) is 0 Å². The van der Waals surface area contributed by atoms with Gasteiger partial charge in [0, 0.05) is 0 Å². The molecule has 0 aliphatic rings. The zero-order chi connectivity index (χ0) is 10.0. The van der Waals surface area contributed by atoms with Crippen LogP contribution in [0.1, 0.15) is 16.1 Å². The molecule has 0 aliphatic heterocycles. The van der Waals surface area contributed by atoms with Gasteiger partial charge in [0.25, 0.3) is 5.56 Å². The molecular weight excluding hydrogens is 180 g/mol. The lowest BCUT2D eigenvalue weighted by atomic mass is 10.2. The second-order valence-electron chi connectivity index (χ2n) is 2.23. The van der Waals surface area contributed by atoms with Crippen LogP contribution in [-0.2, 0) is 6.61 Å². The maximum atomic E-state index is 10.9. The molecule has 0 fully saturated rings. The van der Waals surface area contributed by atoms with E-state index >= 15 is 0 Å². The minimum Gasteiger partial charge on any atom is -0.477 e. The summed E-state index contributed by atoms with van der Waals surface area (Å²) >= 11 is 0. The Bertz CT molecular complexity index is 443. The third kappa shape index (κ3) is 1.64. The summed E-state index contributed by atoms with van der Waals surface area (Å²) in [6.45, 7) is -0.742. The predicted molar refractivity (Wildman–Crippen MR) is 40.6 cm³/mol. The predicted octanol–water partition coefficient (Wildman–Crippen LogP) is -1.75. The summed E-state index contributed by atoms with van der Waals surface area (Å²) in [5.74, 6) is -1.47. The maximum absolute atomic E-state index is 10.9. The molecule has 0 saturated carbocycles. The molecule has 70 valence electrons. The number of rotatable bonds is 2. The molecule has 13 heavy (non-hydrogen) atoms. The van der Waals surface area contributed by atoms with Gasteiger partial charge in [0.15, 0.2) is 0 Å². The fourth-order valence-corrected chi connectivity index (χ4v) is 0.846. The van der Waals surface area contributed by atoms with E-state index in [1.807, 2.05) is 4.98 Å². The minimum atomic E-state index is -1.47. The molecule has 0 radical (unpaired) electrons. The van der Waals surface area contributed by atoms with Gasteiger partial charge < -0.3 is 15.2 Å². The number of carboxylic acids is 1. The molecule has 1 rings (SSSR count). The second kappa shape index (κ2) is 3.23. The summed E-state index contributed by atoms with van der Waals surface area (Å²) in [5.41, 5.74) is -2.77. The van der Waals surface area contributed by atoms with Gasteiger partial charge in [-0.1, -0.05) is 0 Å². The Morgan fingerprint density at radius 3 is 2.38 bits per heavy atom. The number of aliphatic hydroxyl groups excluding tert-OH is 1. The van der Waals surface area contributed by atoms with E-state index in [0.717, 1.165) is 0 Å². The maximum Gasteiger partial charge on any atom is 0.353 e. The lowest BCUT2D eigenvalue weighted by Gasteiger charge is -1.98. The van der Waals surface area contributed by atoms with Crippen molar-refractivity contribution in [3.63, 3.8) is 0 Å². The van der Waals surface area contributed by atoms with E-state index < -0.39 is 29.5 Å².